The second kappa shape index (κ2) is 9.11. The number of rotatable bonds is 4. The van der Waals surface area contributed by atoms with Gasteiger partial charge in [0, 0.05) is 31.9 Å². The molecule has 0 bridgehead atoms. The van der Waals surface area contributed by atoms with Crippen molar-refractivity contribution >= 4 is 17.0 Å². The smallest absolute Gasteiger partial charge is 0.199 e. The van der Waals surface area contributed by atoms with E-state index in [1.807, 2.05) is 12.1 Å². The maximum absolute atomic E-state index is 9.83. The Bertz CT molecular complexity index is 1220. The first-order chi connectivity index (χ1) is 15.4. The van der Waals surface area contributed by atoms with E-state index in [4.69, 9.17) is 0 Å². The van der Waals surface area contributed by atoms with Gasteiger partial charge in [-0.15, -0.1) is 0 Å². The van der Waals surface area contributed by atoms with Crippen molar-refractivity contribution in [3.8, 4) is 16.9 Å². The van der Waals surface area contributed by atoms with Crippen LogP contribution < -0.4 is 4.90 Å². The third-order valence-corrected chi connectivity index (χ3v) is 5.70. The first-order valence-corrected chi connectivity index (χ1v) is 10.7. The van der Waals surface area contributed by atoms with Gasteiger partial charge in [0.2, 0.25) is 0 Å². The first kappa shape index (κ1) is 21.4. The van der Waals surface area contributed by atoms with Gasteiger partial charge in [0.15, 0.2) is 5.71 Å². The summed E-state index contributed by atoms with van der Waals surface area (Å²) in [6.07, 6.45) is 8.69. The second-order valence-corrected chi connectivity index (χ2v) is 8.39. The lowest BCUT2D eigenvalue weighted by Gasteiger charge is -2.17. The van der Waals surface area contributed by atoms with E-state index in [2.05, 4.69) is 111 Å². The van der Waals surface area contributed by atoms with Gasteiger partial charge in [-0.1, -0.05) is 48.5 Å². The van der Waals surface area contributed by atoms with E-state index in [1.165, 1.54) is 28.1 Å². The predicted molar refractivity (Wildman–Crippen MR) is 136 cm³/mol. The molecule has 1 N–H and O–H groups in total. The van der Waals surface area contributed by atoms with E-state index in [-0.39, 0.29) is 5.75 Å². The van der Waals surface area contributed by atoms with Gasteiger partial charge >= 0.3 is 0 Å². The molecule has 0 aromatic heterocycles. The highest BCUT2D eigenvalue weighted by molar-refractivity contribution is 6.04. The molecule has 0 aliphatic heterocycles. The van der Waals surface area contributed by atoms with Gasteiger partial charge in [-0.25, -0.2) is 4.58 Å². The van der Waals surface area contributed by atoms with Crippen LogP contribution in [0, 0.1) is 0 Å². The fourth-order valence-electron chi connectivity index (χ4n) is 3.87. The average molecular weight is 422 g/mol. The first-order valence-electron chi connectivity index (χ1n) is 10.7. The molecule has 4 rings (SSSR count). The minimum Gasteiger partial charge on any atom is -0.508 e. The summed E-state index contributed by atoms with van der Waals surface area (Å²) in [4.78, 5) is 2.11. The van der Waals surface area contributed by atoms with Crippen molar-refractivity contribution in [3.63, 3.8) is 0 Å². The average Bonchev–Trinajstić information content (AvgIpc) is 2.80. The maximum atomic E-state index is 9.83. The van der Waals surface area contributed by atoms with Crippen LogP contribution in [-0.2, 0) is 0 Å². The Morgan fingerprint density at radius 2 is 1.31 bits per heavy atom. The molecule has 0 saturated heterocycles. The van der Waals surface area contributed by atoms with E-state index >= 15 is 0 Å². The summed E-state index contributed by atoms with van der Waals surface area (Å²) in [6, 6.07) is 24.6. The van der Waals surface area contributed by atoms with Crippen LogP contribution in [0.3, 0.4) is 0 Å². The van der Waals surface area contributed by atoms with Crippen LogP contribution in [0.4, 0.5) is 5.69 Å². The molecule has 0 amide bonds. The van der Waals surface area contributed by atoms with Crippen molar-refractivity contribution in [3.05, 3.63) is 114 Å². The molecular formula is C29H29N2O+. The molecule has 32 heavy (non-hydrogen) atoms. The van der Waals surface area contributed by atoms with Gasteiger partial charge in [0.25, 0.3) is 0 Å². The molecule has 3 nitrogen and oxygen atoms in total. The van der Waals surface area contributed by atoms with Gasteiger partial charge < -0.3 is 10.0 Å². The molecule has 0 spiro atoms. The molecule has 0 unspecified atom stereocenters. The van der Waals surface area contributed by atoms with Crippen LogP contribution in [0.1, 0.15) is 11.1 Å². The highest BCUT2D eigenvalue weighted by atomic mass is 16.3. The molecule has 160 valence electrons. The number of hydrogen-bond donors (Lipinski definition) is 1. The summed E-state index contributed by atoms with van der Waals surface area (Å²) in [5, 5.41) is 9.83. The molecule has 1 aliphatic carbocycles. The molecule has 0 heterocycles. The lowest BCUT2D eigenvalue weighted by atomic mass is 9.89. The normalized spacial score (nSPS) is 12.8. The van der Waals surface area contributed by atoms with Crippen LogP contribution in [0.2, 0.25) is 0 Å². The maximum Gasteiger partial charge on any atom is 0.199 e. The second-order valence-electron chi connectivity index (χ2n) is 8.39. The Balaban J connectivity index is 1.80. The number of aromatic hydroxyl groups is 1. The number of benzene rings is 3. The summed E-state index contributed by atoms with van der Waals surface area (Å²) in [5.74, 6) is 0.279. The molecule has 3 heteroatoms. The SMILES string of the molecule is CN(C)c1ccc(C(=C2C=CC(=[N+](C)C)C=C2)c2ccc(-c3cccc(O)c3)cc2)cc1. The van der Waals surface area contributed by atoms with Crippen molar-refractivity contribution in [2.45, 2.75) is 0 Å². The number of allylic oxidation sites excluding steroid dienone is 5. The van der Waals surface area contributed by atoms with Crippen molar-refractivity contribution in [2.75, 3.05) is 33.1 Å². The summed E-state index contributed by atoms with van der Waals surface area (Å²) >= 11 is 0. The highest BCUT2D eigenvalue weighted by Gasteiger charge is 2.14. The van der Waals surface area contributed by atoms with E-state index in [0.29, 0.717) is 0 Å². The van der Waals surface area contributed by atoms with Crippen LogP contribution in [-0.4, -0.2) is 43.6 Å². The molecule has 0 radical (unpaired) electrons. The van der Waals surface area contributed by atoms with Gasteiger partial charge in [0.1, 0.15) is 19.8 Å². The zero-order valence-corrected chi connectivity index (χ0v) is 19.1. The van der Waals surface area contributed by atoms with E-state index < -0.39 is 0 Å². The molecule has 0 atom stereocenters. The molecule has 3 aromatic carbocycles. The lowest BCUT2D eigenvalue weighted by Crippen LogP contribution is -2.10. The third-order valence-electron chi connectivity index (χ3n) is 5.70. The van der Waals surface area contributed by atoms with E-state index in [0.717, 1.165) is 16.7 Å². The summed E-state index contributed by atoms with van der Waals surface area (Å²) in [6.45, 7) is 0. The number of phenols is 1. The molecule has 0 saturated carbocycles. The van der Waals surface area contributed by atoms with Gasteiger partial charge in [-0.05, 0) is 69.8 Å². The molecule has 1 aliphatic rings. The van der Waals surface area contributed by atoms with Crippen molar-refractivity contribution in [2.24, 2.45) is 0 Å². The minimum atomic E-state index is 0.279. The fraction of sp³-hybridized carbons (Fsp3) is 0.138. The Kier molecular flexibility index (Phi) is 6.09. The standard InChI is InChI=1S/C29H28N2O/c1-30(2)26-16-12-23(13-17-26)29(24-14-18-27(19-15-24)31(3)4)22-10-8-21(9-11-22)25-6-5-7-28(32)20-25/h5-20H,1-4H3/p+1. The Morgan fingerprint density at radius 1 is 0.719 bits per heavy atom. The van der Waals surface area contributed by atoms with E-state index in [1.54, 1.807) is 12.1 Å². The number of hydrogen-bond acceptors (Lipinski definition) is 2. The van der Waals surface area contributed by atoms with Gasteiger partial charge in [-0.3, -0.25) is 0 Å². The summed E-state index contributed by atoms with van der Waals surface area (Å²) < 4.78 is 2.11. The monoisotopic (exact) mass is 421 g/mol. The molecule has 3 aromatic rings. The van der Waals surface area contributed by atoms with E-state index in [9.17, 15) is 5.11 Å². The van der Waals surface area contributed by atoms with Crippen molar-refractivity contribution in [1.82, 2.24) is 0 Å². The number of nitrogens with zero attached hydrogens (tertiary/aromatic N) is 2. The third kappa shape index (κ3) is 4.57. The highest BCUT2D eigenvalue weighted by Crippen LogP contribution is 2.32. The van der Waals surface area contributed by atoms with Crippen molar-refractivity contribution < 1.29 is 9.68 Å². The fourth-order valence-corrected chi connectivity index (χ4v) is 3.87. The Morgan fingerprint density at radius 3 is 1.84 bits per heavy atom. The van der Waals surface area contributed by atoms with Crippen LogP contribution >= 0.6 is 0 Å². The summed E-state index contributed by atoms with van der Waals surface area (Å²) in [5.41, 5.74) is 9.15. The largest absolute Gasteiger partial charge is 0.508 e. The zero-order valence-electron chi connectivity index (χ0n) is 19.1. The molecule has 0 fully saturated rings. The zero-order chi connectivity index (χ0) is 22.7. The van der Waals surface area contributed by atoms with Gasteiger partial charge in [-0.2, -0.15) is 0 Å². The summed E-state index contributed by atoms with van der Waals surface area (Å²) in [7, 11) is 8.22. The number of phenolic OH excluding ortho intramolecular Hbond substituents is 1. The van der Waals surface area contributed by atoms with Crippen LogP contribution in [0.5, 0.6) is 5.75 Å². The van der Waals surface area contributed by atoms with Gasteiger partial charge in [0.05, 0.1) is 0 Å². The van der Waals surface area contributed by atoms with Crippen LogP contribution in [0.25, 0.3) is 16.7 Å². The topological polar surface area (TPSA) is 26.5 Å². The lowest BCUT2D eigenvalue weighted by molar-refractivity contribution is -0.462. The Hall–Kier alpha value is -3.85. The van der Waals surface area contributed by atoms with Crippen molar-refractivity contribution in [1.29, 1.82) is 0 Å². The Labute approximate surface area is 190 Å². The predicted octanol–water partition coefficient (Wildman–Crippen LogP) is 5.77. The number of anilines is 1. The quantitative estimate of drug-likeness (QED) is 0.542. The van der Waals surface area contributed by atoms with Crippen LogP contribution in [0.15, 0.2) is 103 Å². The molecular weight excluding hydrogens is 392 g/mol. The minimum absolute atomic E-state index is 0.279.